The van der Waals surface area contributed by atoms with Gasteiger partial charge in [-0.15, -0.1) is 0 Å². The molecule has 1 N–H and O–H groups in total. The number of carbonyl (C=O) groups is 1. The Kier molecular flexibility index (Phi) is 8.60. The van der Waals surface area contributed by atoms with Crippen LogP contribution in [-0.4, -0.2) is 30.6 Å². The first kappa shape index (κ1) is 30.4. The number of benzene rings is 5. The number of hydrogen-bond donors (Lipinski definition) is 1. The molecule has 5 aromatic rings. The average molecular weight is 596 g/mol. The number of phenolic OH excluding ortho intramolecular Hbond substituents is 1. The highest BCUT2D eigenvalue weighted by molar-refractivity contribution is 6.07. The highest BCUT2D eigenvalue weighted by Gasteiger charge is 2.48. The summed E-state index contributed by atoms with van der Waals surface area (Å²) >= 11 is 0. The van der Waals surface area contributed by atoms with Crippen molar-refractivity contribution in [2.75, 3.05) is 18.6 Å². The maximum atomic E-state index is 14.1. The summed E-state index contributed by atoms with van der Waals surface area (Å²) < 4.78 is 5.71. The molecule has 45 heavy (non-hydrogen) atoms. The van der Waals surface area contributed by atoms with E-state index in [-0.39, 0.29) is 17.6 Å². The zero-order valence-electron chi connectivity index (χ0n) is 26.6. The second-order valence-corrected chi connectivity index (χ2v) is 12.5. The maximum Gasteiger partial charge on any atom is 0.187 e. The molecule has 0 spiro atoms. The summed E-state index contributed by atoms with van der Waals surface area (Å²) in [6.45, 7) is 7.03. The van der Waals surface area contributed by atoms with E-state index < -0.39 is 5.41 Å². The lowest BCUT2D eigenvalue weighted by molar-refractivity contribution is 0.104. The average Bonchev–Trinajstić information content (AvgIpc) is 3.30. The van der Waals surface area contributed by atoms with Crippen LogP contribution in [0, 0.1) is 13.8 Å². The molecule has 228 valence electrons. The van der Waals surface area contributed by atoms with Gasteiger partial charge in [0, 0.05) is 41.8 Å². The minimum atomic E-state index is -0.521. The van der Waals surface area contributed by atoms with Crippen LogP contribution in [-0.2, 0) is 23.0 Å². The van der Waals surface area contributed by atoms with E-state index in [0.717, 1.165) is 25.0 Å². The van der Waals surface area contributed by atoms with E-state index in [9.17, 15) is 9.90 Å². The smallest absolute Gasteiger partial charge is 0.187 e. The Balaban J connectivity index is 1.64. The van der Waals surface area contributed by atoms with Crippen molar-refractivity contribution in [1.29, 1.82) is 0 Å². The molecule has 0 fully saturated rings. The van der Waals surface area contributed by atoms with E-state index in [1.165, 1.54) is 44.3 Å². The van der Waals surface area contributed by atoms with E-state index in [4.69, 9.17) is 4.74 Å². The molecule has 0 bridgehead atoms. The molecule has 5 aromatic carbocycles. The molecule has 4 heteroatoms. The lowest BCUT2D eigenvalue weighted by atomic mass is 9.70. The third-order valence-electron chi connectivity index (χ3n) is 9.30. The van der Waals surface area contributed by atoms with E-state index in [1.807, 2.05) is 6.08 Å². The van der Waals surface area contributed by atoms with Crippen LogP contribution in [0.1, 0.15) is 51.5 Å². The fraction of sp³-hybridized carbons (Fsp3) is 0.244. The van der Waals surface area contributed by atoms with Crippen LogP contribution in [0.5, 0.6) is 5.75 Å². The first-order valence-electron chi connectivity index (χ1n) is 15.8. The van der Waals surface area contributed by atoms with E-state index >= 15 is 0 Å². The number of methoxy groups -OCH3 is 1. The molecule has 0 radical (unpaired) electrons. The number of phenols is 1. The van der Waals surface area contributed by atoms with Gasteiger partial charge in [-0.25, -0.2) is 0 Å². The third-order valence-corrected chi connectivity index (χ3v) is 9.30. The third kappa shape index (κ3) is 6.16. The first-order valence-corrected chi connectivity index (χ1v) is 15.8. The SMILES string of the molecule is COC(C)CCN1/C(=C\C(=O)c2ccc(O)cc2)C(Cc2ccc(C)cc2)(Cc2ccc(C)cc2)c2ccc3ccccc3c21. The number of anilines is 1. The van der Waals surface area contributed by atoms with Gasteiger partial charge in [-0.05, 0) is 86.4 Å². The molecular formula is C41H41NO3. The van der Waals surface area contributed by atoms with E-state index in [2.05, 4.69) is 111 Å². The van der Waals surface area contributed by atoms with Gasteiger partial charge >= 0.3 is 0 Å². The Hall–Kier alpha value is -4.67. The Morgan fingerprint density at radius 2 is 1.42 bits per heavy atom. The van der Waals surface area contributed by atoms with Crippen LogP contribution in [0.15, 0.2) is 121 Å². The van der Waals surface area contributed by atoms with Gasteiger partial charge in [-0.1, -0.05) is 96.1 Å². The minimum absolute atomic E-state index is 0.0571. The summed E-state index contributed by atoms with van der Waals surface area (Å²) in [5, 5.41) is 12.3. The topological polar surface area (TPSA) is 49.8 Å². The van der Waals surface area contributed by atoms with Gasteiger partial charge < -0.3 is 14.7 Å². The molecule has 0 saturated carbocycles. The van der Waals surface area contributed by atoms with Crippen molar-refractivity contribution < 1.29 is 14.6 Å². The Morgan fingerprint density at radius 3 is 2.02 bits per heavy atom. The van der Waals surface area contributed by atoms with Crippen molar-refractivity contribution in [3.05, 3.63) is 154 Å². The van der Waals surface area contributed by atoms with E-state index in [0.29, 0.717) is 12.1 Å². The van der Waals surface area contributed by atoms with Crippen molar-refractivity contribution in [2.45, 2.75) is 51.6 Å². The molecular weight excluding hydrogens is 554 g/mol. The van der Waals surface area contributed by atoms with Crippen LogP contribution in [0.4, 0.5) is 5.69 Å². The van der Waals surface area contributed by atoms with Crippen LogP contribution in [0.25, 0.3) is 10.8 Å². The van der Waals surface area contributed by atoms with Crippen molar-refractivity contribution in [3.63, 3.8) is 0 Å². The van der Waals surface area contributed by atoms with Gasteiger partial charge in [0.05, 0.1) is 11.8 Å². The number of carbonyl (C=O) groups excluding carboxylic acids is 1. The number of hydrogen-bond acceptors (Lipinski definition) is 4. The van der Waals surface area contributed by atoms with Gasteiger partial charge in [-0.3, -0.25) is 4.79 Å². The van der Waals surface area contributed by atoms with Crippen molar-refractivity contribution in [2.24, 2.45) is 0 Å². The molecule has 1 aliphatic heterocycles. The molecule has 1 unspecified atom stereocenters. The zero-order chi connectivity index (χ0) is 31.6. The summed E-state index contributed by atoms with van der Waals surface area (Å²) in [6, 6.07) is 37.2. The Bertz CT molecular complexity index is 1790. The summed E-state index contributed by atoms with van der Waals surface area (Å²) in [4.78, 5) is 16.5. The van der Waals surface area contributed by atoms with Crippen molar-refractivity contribution in [3.8, 4) is 5.75 Å². The van der Waals surface area contributed by atoms with Gasteiger partial charge in [0.25, 0.3) is 0 Å². The second kappa shape index (κ2) is 12.7. The fourth-order valence-corrected chi connectivity index (χ4v) is 6.70. The highest BCUT2D eigenvalue weighted by Crippen LogP contribution is 2.54. The Morgan fingerprint density at radius 1 is 0.822 bits per heavy atom. The van der Waals surface area contributed by atoms with Gasteiger partial charge in [0.2, 0.25) is 0 Å². The van der Waals surface area contributed by atoms with Crippen LogP contribution >= 0.6 is 0 Å². The highest BCUT2D eigenvalue weighted by atomic mass is 16.5. The largest absolute Gasteiger partial charge is 0.508 e. The summed E-state index contributed by atoms with van der Waals surface area (Å²) in [5.41, 5.74) is 8.31. The quantitative estimate of drug-likeness (QED) is 0.129. The van der Waals surface area contributed by atoms with Crippen molar-refractivity contribution in [1.82, 2.24) is 0 Å². The van der Waals surface area contributed by atoms with Crippen LogP contribution in [0.3, 0.4) is 0 Å². The molecule has 0 amide bonds. The van der Waals surface area contributed by atoms with Gasteiger partial charge in [-0.2, -0.15) is 0 Å². The molecule has 1 atom stereocenters. The number of ether oxygens (including phenoxy) is 1. The predicted molar refractivity (Wildman–Crippen MR) is 184 cm³/mol. The summed E-state index contributed by atoms with van der Waals surface area (Å²) in [5.74, 6) is 0.0614. The molecule has 4 nitrogen and oxygen atoms in total. The molecule has 0 aliphatic carbocycles. The van der Waals surface area contributed by atoms with E-state index in [1.54, 1.807) is 31.4 Å². The number of aromatic hydroxyl groups is 1. The molecule has 0 aromatic heterocycles. The molecule has 1 aliphatic rings. The number of aryl methyl sites for hydroxylation is 2. The second-order valence-electron chi connectivity index (χ2n) is 12.5. The first-order chi connectivity index (χ1) is 21.8. The normalized spacial score (nSPS) is 15.4. The van der Waals surface area contributed by atoms with Gasteiger partial charge in [0.1, 0.15) is 5.75 Å². The predicted octanol–water partition coefficient (Wildman–Crippen LogP) is 8.90. The summed E-state index contributed by atoms with van der Waals surface area (Å²) in [7, 11) is 1.75. The lowest BCUT2D eigenvalue weighted by Crippen LogP contribution is -2.37. The molecule has 6 rings (SSSR count). The number of rotatable bonds is 10. The molecule has 0 saturated heterocycles. The Labute approximate surface area is 266 Å². The number of allylic oxidation sites excluding steroid dienone is 2. The van der Waals surface area contributed by atoms with Crippen molar-refractivity contribution >= 4 is 22.2 Å². The maximum absolute atomic E-state index is 14.1. The number of nitrogens with zero attached hydrogens (tertiary/aromatic N) is 1. The lowest BCUT2D eigenvalue weighted by Gasteiger charge is -2.35. The molecule has 1 heterocycles. The number of fused-ring (bicyclic) bond motifs is 3. The zero-order valence-corrected chi connectivity index (χ0v) is 26.6. The van der Waals surface area contributed by atoms with Crippen LogP contribution in [0.2, 0.25) is 0 Å². The van der Waals surface area contributed by atoms with Crippen LogP contribution < -0.4 is 4.90 Å². The monoisotopic (exact) mass is 595 g/mol. The van der Waals surface area contributed by atoms with Gasteiger partial charge in [0.15, 0.2) is 5.78 Å². The minimum Gasteiger partial charge on any atom is -0.508 e. The number of ketones is 1. The fourth-order valence-electron chi connectivity index (χ4n) is 6.70. The standard InChI is InChI=1S/C41H41NO3/c1-28-9-13-31(14-10-28)26-41(27-32-15-11-29(2)12-16-32)37-22-19-33-7-5-6-8-36(33)40(37)42(24-23-30(3)45-4)39(41)25-38(44)34-17-20-35(43)21-18-34/h5-22,25,30,43H,23-24,26-27H2,1-4H3/b39-25-. The summed E-state index contributed by atoms with van der Waals surface area (Å²) in [6.07, 6.45) is 4.19.